The van der Waals surface area contributed by atoms with Gasteiger partial charge in [0.25, 0.3) is 0 Å². The van der Waals surface area contributed by atoms with Gasteiger partial charge >= 0.3 is 0 Å². The number of hydrogen-bond donors (Lipinski definition) is 2. The van der Waals surface area contributed by atoms with Crippen LogP contribution in [0.15, 0.2) is 52.9 Å². The molecule has 190 valence electrons. The van der Waals surface area contributed by atoms with E-state index in [0.717, 1.165) is 47.4 Å². The minimum atomic E-state index is -0.390. The molecule has 0 aromatic carbocycles. The normalized spacial score (nSPS) is 18.4. The Hall–Kier alpha value is -3.75. The lowest BCUT2D eigenvalue weighted by Crippen LogP contribution is -2.45. The van der Waals surface area contributed by atoms with E-state index in [1.165, 1.54) is 36.6 Å². The van der Waals surface area contributed by atoms with Gasteiger partial charge < -0.3 is 10.0 Å². The predicted molar refractivity (Wildman–Crippen MR) is 135 cm³/mol. The number of pyridine rings is 2. The van der Waals surface area contributed by atoms with Crippen molar-refractivity contribution in [3.05, 3.63) is 60.1 Å². The van der Waals surface area contributed by atoms with Gasteiger partial charge in [-0.3, -0.25) is 9.89 Å². The van der Waals surface area contributed by atoms with E-state index >= 15 is 0 Å². The fourth-order valence-corrected chi connectivity index (χ4v) is 6.13. The van der Waals surface area contributed by atoms with E-state index in [1.807, 2.05) is 24.1 Å². The number of nitrogens with zero attached hydrogens (tertiary/aromatic N) is 6. The first-order valence-electron chi connectivity index (χ1n) is 12.1. The first kappa shape index (κ1) is 24.9. The number of hydrogen-bond acceptors (Lipinski definition) is 7. The molecule has 4 aromatic heterocycles. The maximum atomic E-state index is 13.1. The molecule has 1 amide bonds. The molecule has 0 saturated carbocycles. The summed E-state index contributed by atoms with van der Waals surface area (Å²) in [7, 11) is 0. The van der Waals surface area contributed by atoms with Crippen molar-refractivity contribution in [1.29, 1.82) is 5.26 Å². The summed E-state index contributed by atoms with van der Waals surface area (Å²) in [6.07, 6.45) is 12.1. The molecule has 0 radical (unpaired) electrons. The molecule has 6 rings (SSSR count). The van der Waals surface area contributed by atoms with Crippen molar-refractivity contribution >= 4 is 23.2 Å². The number of nitriles is 1. The molecular formula is C26H26FN7O2S. The van der Waals surface area contributed by atoms with Crippen molar-refractivity contribution in [2.45, 2.75) is 61.0 Å². The molecule has 1 unspecified atom stereocenters. The number of aliphatic hydroxyl groups excluding tert-OH is 1. The number of nitrogens with one attached hydrogen (secondary N) is 1. The molecule has 4 aromatic rings. The maximum absolute atomic E-state index is 13.1. The topological polar surface area (TPSA) is 123 Å². The fourth-order valence-electron chi connectivity index (χ4n) is 5.17. The molecule has 0 spiro atoms. The van der Waals surface area contributed by atoms with E-state index in [-0.39, 0.29) is 18.3 Å². The molecule has 2 saturated heterocycles. The summed E-state index contributed by atoms with van der Waals surface area (Å²) in [5, 5.41) is 30.0. The zero-order valence-electron chi connectivity index (χ0n) is 20.3. The van der Waals surface area contributed by atoms with Crippen LogP contribution in [0.4, 0.5) is 4.39 Å². The molecule has 2 bridgehead atoms. The van der Waals surface area contributed by atoms with Gasteiger partial charge in [-0.2, -0.15) is 15.5 Å². The Morgan fingerprint density at radius 3 is 2.65 bits per heavy atom. The third-order valence-electron chi connectivity index (χ3n) is 6.87. The lowest BCUT2D eigenvalue weighted by atomic mass is 10.0. The first-order valence-corrected chi connectivity index (χ1v) is 12.9. The Labute approximate surface area is 217 Å². The highest BCUT2D eigenvalue weighted by molar-refractivity contribution is 7.99. The van der Waals surface area contributed by atoms with Gasteiger partial charge in [-0.05, 0) is 57.2 Å². The van der Waals surface area contributed by atoms with Gasteiger partial charge in [0.1, 0.15) is 23.5 Å². The number of piperidine rings is 1. The highest BCUT2D eigenvalue weighted by Crippen LogP contribution is 2.36. The van der Waals surface area contributed by atoms with E-state index in [1.54, 1.807) is 16.8 Å². The third-order valence-corrected chi connectivity index (χ3v) is 7.85. The molecule has 37 heavy (non-hydrogen) atoms. The lowest BCUT2D eigenvalue weighted by Gasteiger charge is -2.34. The standard InChI is InChI=1S/C17H11FN6S.C9H15NO2/c1-10-14(8-21-23-10)11-4-15(25-16-3-2-13(18)7-20-16)17-12(5-19)6-22-24(17)9-11;11-6-9(12)10-7-2-1-3-8(10)5-4-7/h2-4,6-9H,1H3,(H,21,23);7-8,11H,1-6H2/t;7-,8?/m.1/s1. The molecule has 2 atom stereocenters. The van der Waals surface area contributed by atoms with Crippen LogP contribution >= 0.6 is 11.8 Å². The molecule has 0 aliphatic carbocycles. The molecule has 11 heteroatoms. The molecule has 2 N–H and O–H groups in total. The van der Waals surface area contributed by atoms with E-state index in [2.05, 4.69) is 26.3 Å². The largest absolute Gasteiger partial charge is 0.387 e. The Morgan fingerprint density at radius 1 is 1.24 bits per heavy atom. The summed E-state index contributed by atoms with van der Waals surface area (Å²) in [5.74, 6) is -0.457. The van der Waals surface area contributed by atoms with Crippen molar-refractivity contribution in [2.75, 3.05) is 6.61 Å². The number of aliphatic hydroxyl groups is 1. The molecular weight excluding hydrogens is 493 g/mol. The number of halogens is 1. The van der Waals surface area contributed by atoms with Crippen molar-refractivity contribution in [3.8, 4) is 17.2 Å². The van der Waals surface area contributed by atoms with Crippen LogP contribution < -0.4 is 0 Å². The van der Waals surface area contributed by atoms with Crippen LogP contribution in [0, 0.1) is 24.1 Å². The minimum absolute atomic E-state index is 0.0674. The number of fused-ring (bicyclic) bond motifs is 3. The summed E-state index contributed by atoms with van der Waals surface area (Å²) in [4.78, 5) is 18.1. The van der Waals surface area contributed by atoms with Crippen LogP contribution in [-0.4, -0.2) is 59.4 Å². The number of aryl methyl sites for hydroxylation is 1. The van der Waals surface area contributed by atoms with Crippen LogP contribution in [0.5, 0.6) is 0 Å². The number of aromatic amines is 1. The summed E-state index contributed by atoms with van der Waals surface area (Å²) in [6, 6.07) is 7.98. The SMILES string of the molecule is Cc1[nH]ncc1-c1cc(Sc2ccc(F)cn2)c2c(C#N)cnn2c1.O=C(CO)N1C2CCC[C@@H]1CC2. The highest BCUT2D eigenvalue weighted by Gasteiger charge is 2.38. The van der Waals surface area contributed by atoms with Crippen LogP contribution in [0.25, 0.3) is 16.6 Å². The number of rotatable bonds is 4. The first-order chi connectivity index (χ1) is 18.0. The van der Waals surface area contributed by atoms with Crippen LogP contribution in [0.1, 0.15) is 43.4 Å². The van der Waals surface area contributed by atoms with Crippen LogP contribution in [0.2, 0.25) is 0 Å². The molecule has 2 fully saturated rings. The zero-order valence-corrected chi connectivity index (χ0v) is 21.1. The average Bonchev–Trinajstić information content (AvgIpc) is 3.60. The number of H-pyrrole nitrogens is 1. The average molecular weight is 520 g/mol. The molecule has 9 nitrogen and oxygen atoms in total. The van der Waals surface area contributed by atoms with E-state index < -0.39 is 0 Å². The van der Waals surface area contributed by atoms with Gasteiger partial charge in [-0.25, -0.2) is 13.9 Å². The molecule has 6 heterocycles. The number of amides is 1. The predicted octanol–water partition coefficient (Wildman–Crippen LogP) is 4.11. The third kappa shape index (κ3) is 5.08. The molecule has 2 aliphatic heterocycles. The second kappa shape index (κ2) is 10.7. The van der Waals surface area contributed by atoms with Gasteiger partial charge in [0, 0.05) is 40.0 Å². The van der Waals surface area contributed by atoms with Crippen LogP contribution in [-0.2, 0) is 4.79 Å². The summed E-state index contributed by atoms with van der Waals surface area (Å²) in [6.45, 7) is 1.62. The quantitative estimate of drug-likeness (QED) is 0.416. The van der Waals surface area contributed by atoms with Gasteiger partial charge in [0.15, 0.2) is 0 Å². The zero-order chi connectivity index (χ0) is 25.9. The second-order valence-corrected chi connectivity index (χ2v) is 10.2. The van der Waals surface area contributed by atoms with Crippen molar-refractivity contribution in [3.63, 3.8) is 0 Å². The Balaban J connectivity index is 0.000000195. The van der Waals surface area contributed by atoms with Crippen molar-refractivity contribution in [1.82, 2.24) is 29.7 Å². The van der Waals surface area contributed by atoms with E-state index in [4.69, 9.17) is 5.11 Å². The van der Waals surface area contributed by atoms with E-state index in [0.29, 0.717) is 28.2 Å². The summed E-state index contributed by atoms with van der Waals surface area (Å²) < 4.78 is 14.8. The Bertz CT molecular complexity index is 1440. The monoisotopic (exact) mass is 519 g/mol. The van der Waals surface area contributed by atoms with Crippen molar-refractivity contribution in [2.24, 2.45) is 0 Å². The minimum Gasteiger partial charge on any atom is -0.387 e. The molecule has 2 aliphatic rings. The number of aromatic nitrogens is 5. The summed E-state index contributed by atoms with van der Waals surface area (Å²) >= 11 is 1.36. The Kier molecular flexibility index (Phi) is 7.21. The van der Waals surface area contributed by atoms with Gasteiger partial charge in [-0.1, -0.05) is 11.8 Å². The van der Waals surface area contributed by atoms with Crippen molar-refractivity contribution < 1.29 is 14.3 Å². The summed E-state index contributed by atoms with van der Waals surface area (Å²) in [5.41, 5.74) is 3.97. The highest BCUT2D eigenvalue weighted by atomic mass is 32.2. The van der Waals surface area contributed by atoms with Gasteiger partial charge in [0.2, 0.25) is 5.91 Å². The van der Waals surface area contributed by atoms with Gasteiger partial charge in [-0.15, -0.1) is 0 Å². The fraction of sp³-hybridized carbons (Fsp3) is 0.346. The van der Waals surface area contributed by atoms with Gasteiger partial charge in [0.05, 0.1) is 29.7 Å². The number of carbonyl (C=O) groups excluding carboxylic acids is 1. The maximum Gasteiger partial charge on any atom is 0.248 e. The second-order valence-electron chi connectivity index (χ2n) is 9.16. The Morgan fingerprint density at radius 2 is 2.03 bits per heavy atom. The number of carbonyl (C=O) groups is 1. The smallest absolute Gasteiger partial charge is 0.248 e. The lowest BCUT2D eigenvalue weighted by molar-refractivity contribution is -0.138. The van der Waals surface area contributed by atoms with E-state index in [9.17, 15) is 14.4 Å². The van der Waals surface area contributed by atoms with Crippen LogP contribution in [0.3, 0.4) is 0 Å².